The van der Waals surface area contributed by atoms with Crippen LogP contribution < -0.4 is 5.32 Å². The van der Waals surface area contributed by atoms with Gasteiger partial charge in [0.15, 0.2) is 0 Å². The molecule has 0 heterocycles. The summed E-state index contributed by atoms with van der Waals surface area (Å²) < 4.78 is 5.20. The van der Waals surface area contributed by atoms with Crippen molar-refractivity contribution in [2.24, 2.45) is 5.92 Å². The van der Waals surface area contributed by atoms with E-state index in [2.05, 4.69) is 31.3 Å². The van der Waals surface area contributed by atoms with E-state index in [1.807, 2.05) is 44.7 Å². The first-order chi connectivity index (χ1) is 12.7. The van der Waals surface area contributed by atoms with Gasteiger partial charge in [0.05, 0.1) is 6.10 Å². The van der Waals surface area contributed by atoms with Crippen LogP contribution in [0.15, 0.2) is 29.2 Å². The van der Waals surface area contributed by atoms with Gasteiger partial charge in [-0.3, -0.25) is 0 Å². The zero-order valence-electron chi connectivity index (χ0n) is 17.6. The minimum atomic E-state index is -0.595. The summed E-state index contributed by atoms with van der Waals surface area (Å²) in [6, 6.07) is 8.11. The standard InChI is InChI=1S/C22H37NO3S/c1-6-9-17(10-7-2)16-27-19-12-8-11-18(15-19)20(24)13-14-23-21(25)26-22(3,4)5/h8,11-12,15,17,20,24H,6-7,9-10,13-14,16H2,1-5H3,(H,23,25). The first kappa shape index (κ1) is 23.8. The molecule has 0 saturated carbocycles. The summed E-state index contributed by atoms with van der Waals surface area (Å²) in [4.78, 5) is 12.9. The van der Waals surface area contributed by atoms with Crippen LogP contribution in [0, 0.1) is 5.92 Å². The number of benzene rings is 1. The molecular weight excluding hydrogens is 358 g/mol. The molecular formula is C22H37NO3S. The van der Waals surface area contributed by atoms with Crippen LogP contribution in [0.5, 0.6) is 0 Å². The molecule has 1 unspecified atom stereocenters. The Hall–Kier alpha value is -1.20. The van der Waals surface area contributed by atoms with Gasteiger partial charge in [-0.05, 0) is 63.6 Å². The molecule has 0 bridgehead atoms. The van der Waals surface area contributed by atoms with E-state index in [4.69, 9.17) is 4.74 Å². The Balaban J connectivity index is 2.48. The molecule has 0 radical (unpaired) electrons. The molecule has 0 aliphatic heterocycles. The van der Waals surface area contributed by atoms with Crippen LogP contribution >= 0.6 is 11.8 Å². The van der Waals surface area contributed by atoms with Crippen molar-refractivity contribution in [3.05, 3.63) is 29.8 Å². The lowest BCUT2D eigenvalue weighted by Gasteiger charge is -2.20. The number of ether oxygens (including phenoxy) is 1. The number of nitrogens with one attached hydrogen (secondary N) is 1. The van der Waals surface area contributed by atoms with Gasteiger partial charge in [0.25, 0.3) is 0 Å². The molecule has 2 N–H and O–H groups in total. The molecule has 1 aromatic rings. The third-order valence-corrected chi connectivity index (χ3v) is 5.43. The van der Waals surface area contributed by atoms with Crippen molar-refractivity contribution in [1.29, 1.82) is 0 Å². The zero-order chi connectivity index (χ0) is 20.3. The van der Waals surface area contributed by atoms with E-state index >= 15 is 0 Å². The molecule has 0 aromatic heterocycles. The smallest absolute Gasteiger partial charge is 0.407 e. The number of carbonyl (C=O) groups excluding carboxylic acids is 1. The highest BCUT2D eigenvalue weighted by Crippen LogP contribution is 2.28. The number of hydrogen-bond donors (Lipinski definition) is 2. The third kappa shape index (κ3) is 10.6. The van der Waals surface area contributed by atoms with Gasteiger partial charge in [-0.25, -0.2) is 4.79 Å². The first-order valence-corrected chi connectivity index (χ1v) is 11.1. The van der Waals surface area contributed by atoms with E-state index in [1.165, 1.54) is 30.6 Å². The number of thioether (sulfide) groups is 1. The Morgan fingerprint density at radius 3 is 2.44 bits per heavy atom. The van der Waals surface area contributed by atoms with E-state index in [0.29, 0.717) is 13.0 Å². The fourth-order valence-corrected chi connectivity index (χ4v) is 4.10. The quantitative estimate of drug-likeness (QED) is 0.455. The van der Waals surface area contributed by atoms with Gasteiger partial charge in [0.1, 0.15) is 5.60 Å². The largest absolute Gasteiger partial charge is 0.444 e. The normalized spacial score (nSPS) is 12.9. The Bertz CT molecular complexity index is 551. The van der Waals surface area contributed by atoms with E-state index in [-0.39, 0.29) is 0 Å². The van der Waals surface area contributed by atoms with E-state index in [0.717, 1.165) is 17.2 Å². The van der Waals surface area contributed by atoms with Crippen molar-refractivity contribution >= 4 is 17.9 Å². The SMILES string of the molecule is CCCC(CCC)CSc1cccc(C(O)CCNC(=O)OC(C)(C)C)c1. The van der Waals surface area contributed by atoms with Crippen molar-refractivity contribution in [2.45, 2.75) is 83.3 Å². The maximum atomic E-state index is 11.7. The van der Waals surface area contributed by atoms with Crippen LogP contribution in [0.3, 0.4) is 0 Å². The van der Waals surface area contributed by atoms with Crippen LogP contribution in [-0.2, 0) is 4.74 Å². The number of alkyl carbamates (subject to hydrolysis) is 1. The van der Waals surface area contributed by atoms with Crippen molar-refractivity contribution in [3.8, 4) is 0 Å². The predicted molar refractivity (Wildman–Crippen MR) is 114 cm³/mol. The van der Waals surface area contributed by atoms with Crippen LogP contribution in [0.25, 0.3) is 0 Å². The van der Waals surface area contributed by atoms with Crippen molar-refractivity contribution < 1.29 is 14.6 Å². The maximum Gasteiger partial charge on any atom is 0.407 e. The second-order valence-corrected chi connectivity index (χ2v) is 9.15. The summed E-state index contributed by atoms with van der Waals surface area (Å²) in [6.45, 7) is 10.4. The van der Waals surface area contributed by atoms with Crippen molar-refractivity contribution in [2.75, 3.05) is 12.3 Å². The second kappa shape index (κ2) is 12.3. The predicted octanol–water partition coefficient (Wildman–Crippen LogP) is 5.94. The lowest BCUT2D eigenvalue weighted by Crippen LogP contribution is -2.33. The monoisotopic (exact) mass is 395 g/mol. The third-order valence-electron chi connectivity index (χ3n) is 4.21. The van der Waals surface area contributed by atoms with E-state index in [9.17, 15) is 9.90 Å². The van der Waals surface area contributed by atoms with Crippen molar-refractivity contribution in [1.82, 2.24) is 5.32 Å². The number of carbonyl (C=O) groups is 1. The molecule has 4 nitrogen and oxygen atoms in total. The van der Waals surface area contributed by atoms with Gasteiger partial charge in [-0.1, -0.05) is 38.8 Å². The zero-order valence-corrected chi connectivity index (χ0v) is 18.4. The summed E-state index contributed by atoms with van der Waals surface area (Å²) >= 11 is 1.87. The van der Waals surface area contributed by atoms with Crippen molar-refractivity contribution in [3.63, 3.8) is 0 Å². The highest BCUT2D eigenvalue weighted by molar-refractivity contribution is 7.99. The molecule has 1 amide bonds. The molecule has 0 spiro atoms. The Morgan fingerprint density at radius 1 is 1.19 bits per heavy atom. The molecule has 1 aromatic carbocycles. The fraction of sp³-hybridized carbons (Fsp3) is 0.682. The van der Waals surface area contributed by atoms with Gasteiger partial charge in [-0.2, -0.15) is 0 Å². The van der Waals surface area contributed by atoms with Gasteiger partial charge in [0, 0.05) is 17.2 Å². The molecule has 154 valence electrons. The number of hydrogen-bond acceptors (Lipinski definition) is 4. The summed E-state index contributed by atoms with van der Waals surface area (Å²) in [6.07, 6.45) is 4.43. The lowest BCUT2D eigenvalue weighted by atomic mass is 10.0. The highest BCUT2D eigenvalue weighted by atomic mass is 32.2. The Morgan fingerprint density at radius 2 is 1.85 bits per heavy atom. The minimum absolute atomic E-state index is 0.378. The molecule has 0 saturated heterocycles. The van der Waals surface area contributed by atoms with E-state index < -0.39 is 17.8 Å². The Kier molecular flexibility index (Phi) is 10.9. The molecule has 0 aliphatic carbocycles. The van der Waals surface area contributed by atoms with Gasteiger partial charge >= 0.3 is 6.09 Å². The average molecular weight is 396 g/mol. The summed E-state index contributed by atoms with van der Waals surface area (Å²) in [5, 5.41) is 13.1. The molecule has 1 rings (SSSR count). The maximum absolute atomic E-state index is 11.7. The summed E-state index contributed by atoms with van der Waals surface area (Å²) in [7, 11) is 0. The Labute approximate surface area is 169 Å². The van der Waals surface area contributed by atoms with Crippen LogP contribution in [0.4, 0.5) is 4.79 Å². The number of rotatable bonds is 11. The lowest BCUT2D eigenvalue weighted by molar-refractivity contribution is 0.0518. The van der Waals surface area contributed by atoms with Gasteiger partial charge in [0.2, 0.25) is 0 Å². The van der Waals surface area contributed by atoms with Crippen LogP contribution in [-0.4, -0.2) is 29.1 Å². The minimum Gasteiger partial charge on any atom is -0.444 e. The summed E-state index contributed by atoms with van der Waals surface area (Å²) in [5.74, 6) is 1.89. The van der Waals surface area contributed by atoms with E-state index in [1.54, 1.807) is 0 Å². The molecule has 0 fully saturated rings. The number of aliphatic hydroxyl groups is 1. The summed E-state index contributed by atoms with van der Waals surface area (Å²) in [5.41, 5.74) is 0.385. The van der Waals surface area contributed by atoms with Gasteiger partial charge in [-0.15, -0.1) is 11.8 Å². The topological polar surface area (TPSA) is 58.6 Å². The molecule has 5 heteroatoms. The first-order valence-electron chi connectivity index (χ1n) is 10.1. The number of aliphatic hydroxyl groups excluding tert-OH is 1. The highest BCUT2D eigenvalue weighted by Gasteiger charge is 2.16. The number of amides is 1. The van der Waals surface area contributed by atoms with Gasteiger partial charge < -0.3 is 15.2 Å². The second-order valence-electron chi connectivity index (χ2n) is 8.06. The van der Waals surface area contributed by atoms with Crippen LogP contribution in [0.1, 0.15) is 78.4 Å². The molecule has 27 heavy (non-hydrogen) atoms. The molecule has 0 aliphatic rings. The fourth-order valence-electron chi connectivity index (χ4n) is 2.94. The van der Waals surface area contributed by atoms with Crippen LogP contribution in [0.2, 0.25) is 0 Å². The average Bonchev–Trinajstić information content (AvgIpc) is 2.58. The molecule has 1 atom stereocenters.